The number of fused-ring (bicyclic) bond motifs is 4. The van der Waals surface area contributed by atoms with Crippen LogP contribution in [0.15, 0.2) is 0 Å². The van der Waals surface area contributed by atoms with E-state index in [1.165, 1.54) is 12.8 Å². The highest BCUT2D eigenvalue weighted by molar-refractivity contribution is 5.89. The highest BCUT2D eigenvalue weighted by Gasteiger charge is 2.58. The number of rotatable bonds is 15. The maximum atomic E-state index is 12.5. The van der Waals surface area contributed by atoms with E-state index in [9.17, 15) is 38.4 Å². The third-order valence-corrected chi connectivity index (χ3v) is 19.4. The lowest BCUT2D eigenvalue weighted by molar-refractivity contribution is -0.151. The van der Waals surface area contributed by atoms with Crippen molar-refractivity contribution >= 4 is 47.0 Å². The van der Waals surface area contributed by atoms with Crippen LogP contribution in [0.1, 0.15) is 274 Å². The number of ether oxygens (including phenoxy) is 4. The molecule has 6 saturated carbocycles. The molecule has 11 unspecified atom stereocenters. The fourth-order valence-electron chi connectivity index (χ4n) is 12.4. The van der Waals surface area contributed by atoms with Gasteiger partial charge in [0.2, 0.25) is 0 Å². The Morgan fingerprint density at radius 2 is 0.937 bits per heavy atom. The maximum Gasteiger partial charge on any atom is 0.309 e. The van der Waals surface area contributed by atoms with E-state index >= 15 is 0 Å². The van der Waals surface area contributed by atoms with Gasteiger partial charge in [-0.3, -0.25) is 38.4 Å². The Bertz CT molecular complexity index is 1910. The number of hydrogen-bond donors (Lipinski definition) is 0. The summed E-state index contributed by atoms with van der Waals surface area (Å²) in [7, 11) is 0. The van der Waals surface area contributed by atoms with Gasteiger partial charge in [0.15, 0.2) is 0 Å². The Kier molecular flexibility index (Phi) is 31.9. The summed E-state index contributed by atoms with van der Waals surface area (Å²) >= 11 is 0. The minimum absolute atomic E-state index is 0.00407. The van der Waals surface area contributed by atoms with Crippen LogP contribution in [0.4, 0.5) is 0 Å². The topological polar surface area (TPSA) is 173 Å². The zero-order chi connectivity index (χ0) is 60.8. The van der Waals surface area contributed by atoms with Crippen LogP contribution in [0, 0.1) is 80.8 Å². The summed E-state index contributed by atoms with van der Waals surface area (Å²) in [5.41, 5.74) is -0.865. The number of cyclic esters (lactones) is 1. The first-order valence-corrected chi connectivity index (χ1v) is 32.1. The molecule has 458 valence electrons. The summed E-state index contributed by atoms with van der Waals surface area (Å²) < 4.78 is 21.2. The SMILES string of the molecule is CC.CC.CC.CC.CCC(=O)C(C)(C)CC.CCC(C)(C)C(=O)CC1C2CCC3C(C2)C(=O)OC13.CCC(C)(C)C(=O)CC1CCC2CC1OC2=O.CCC(C)(C)C(=O)CC1CCOC1=O.O=C1OC2CC3CC(C2)CC1C3. The molecule has 0 aromatic carbocycles. The minimum atomic E-state index is -0.303. The van der Waals surface area contributed by atoms with Crippen molar-refractivity contribution < 1.29 is 57.3 Å². The molecule has 5 saturated heterocycles. The predicted octanol–water partition coefficient (Wildman–Crippen LogP) is 15.9. The normalized spacial score (nSPS) is 29.9. The van der Waals surface area contributed by atoms with Crippen molar-refractivity contribution in [1.29, 1.82) is 0 Å². The van der Waals surface area contributed by atoms with Gasteiger partial charge in [0.05, 0.1) is 30.3 Å². The van der Waals surface area contributed by atoms with Gasteiger partial charge in [0.25, 0.3) is 0 Å². The molecule has 0 aromatic heterocycles. The lowest BCUT2D eigenvalue weighted by Crippen LogP contribution is -2.46. The van der Waals surface area contributed by atoms with E-state index in [0.717, 1.165) is 95.3 Å². The third kappa shape index (κ3) is 20.4. The molecule has 0 spiro atoms. The molecule has 11 fully saturated rings. The molecular weight excluding hydrogens is 997 g/mol. The molecule has 11 atom stereocenters. The van der Waals surface area contributed by atoms with Crippen LogP contribution in [0.5, 0.6) is 0 Å². The Balaban J connectivity index is 0.000000486. The number of hydrogen-bond acceptors (Lipinski definition) is 12. The molecule has 10 bridgehead atoms. The van der Waals surface area contributed by atoms with Crippen LogP contribution in [0.3, 0.4) is 0 Å². The van der Waals surface area contributed by atoms with Gasteiger partial charge >= 0.3 is 23.9 Å². The van der Waals surface area contributed by atoms with E-state index in [0.29, 0.717) is 73.8 Å². The second kappa shape index (κ2) is 34.2. The molecule has 5 aliphatic heterocycles. The van der Waals surface area contributed by atoms with E-state index in [-0.39, 0.29) is 99.2 Å². The highest BCUT2D eigenvalue weighted by atomic mass is 16.6. The molecule has 0 N–H and O–H groups in total. The Labute approximate surface area is 482 Å². The third-order valence-electron chi connectivity index (χ3n) is 19.4. The van der Waals surface area contributed by atoms with Crippen molar-refractivity contribution in [2.45, 2.75) is 292 Å². The molecule has 12 heteroatoms. The molecular formula is C67H118O12. The fraction of sp³-hybridized carbons (Fsp3) is 0.881. The van der Waals surface area contributed by atoms with Crippen LogP contribution in [0.2, 0.25) is 0 Å². The van der Waals surface area contributed by atoms with Crippen molar-refractivity contribution in [2.24, 2.45) is 80.8 Å². The van der Waals surface area contributed by atoms with Crippen LogP contribution in [-0.2, 0) is 57.3 Å². The quantitative estimate of drug-likeness (QED) is 0.112. The number of carbonyl (C=O) groups excluding carboxylic acids is 8. The molecule has 0 radical (unpaired) electrons. The molecule has 6 aliphatic carbocycles. The first kappa shape index (κ1) is 73.6. The van der Waals surface area contributed by atoms with Crippen molar-refractivity contribution in [3.05, 3.63) is 0 Å². The monoisotopic (exact) mass is 1110 g/mol. The van der Waals surface area contributed by atoms with Crippen molar-refractivity contribution in [3.8, 4) is 0 Å². The molecule has 11 aliphatic rings. The van der Waals surface area contributed by atoms with Gasteiger partial charge in [0.1, 0.15) is 41.4 Å². The smallest absolute Gasteiger partial charge is 0.309 e. The Hall–Kier alpha value is -3.44. The van der Waals surface area contributed by atoms with Gasteiger partial charge in [-0.25, -0.2) is 0 Å². The zero-order valence-corrected chi connectivity index (χ0v) is 54.3. The van der Waals surface area contributed by atoms with Crippen LogP contribution < -0.4 is 0 Å². The number of ketones is 4. The van der Waals surface area contributed by atoms with E-state index < -0.39 is 0 Å². The van der Waals surface area contributed by atoms with Crippen LogP contribution in [0.25, 0.3) is 0 Å². The summed E-state index contributed by atoms with van der Waals surface area (Å²) in [5, 5.41) is 0. The van der Waals surface area contributed by atoms with Crippen LogP contribution in [-0.4, -0.2) is 71.9 Å². The van der Waals surface area contributed by atoms with Gasteiger partial charge in [-0.2, -0.15) is 0 Å². The average Bonchev–Trinajstić information content (AvgIpc) is 4.05. The van der Waals surface area contributed by atoms with Crippen LogP contribution >= 0.6 is 0 Å². The number of Topliss-reactive ketones (excluding diaryl/α,β-unsaturated/α-hetero) is 4. The summed E-state index contributed by atoms with van der Waals surface area (Å²) in [5.74, 6) is 4.48. The molecule has 0 aromatic rings. The lowest BCUT2D eigenvalue weighted by atomic mass is 9.58. The van der Waals surface area contributed by atoms with E-state index in [1.807, 2.05) is 138 Å². The summed E-state index contributed by atoms with van der Waals surface area (Å²) in [6.07, 6.45) is 18.6. The second-order valence-corrected chi connectivity index (χ2v) is 25.6. The second-order valence-electron chi connectivity index (χ2n) is 25.6. The highest BCUT2D eigenvalue weighted by Crippen LogP contribution is 2.55. The lowest BCUT2D eigenvalue weighted by Gasteiger charge is -2.45. The molecule has 0 amide bonds. The minimum Gasteiger partial charge on any atom is -0.465 e. The largest absolute Gasteiger partial charge is 0.465 e. The first-order valence-electron chi connectivity index (χ1n) is 32.1. The average molecular weight is 1120 g/mol. The predicted molar refractivity (Wildman–Crippen MR) is 317 cm³/mol. The van der Waals surface area contributed by atoms with Gasteiger partial charge in [0, 0.05) is 65.1 Å². The Morgan fingerprint density at radius 3 is 1.41 bits per heavy atom. The molecule has 79 heavy (non-hydrogen) atoms. The Morgan fingerprint density at radius 1 is 0.456 bits per heavy atom. The van der Waals surface area contributed by atoms with Gasteiger partial charge in [-0.1, -0.05) is 145 Å². The summed E-state index contributed by atoms with van der Waals surface area (Å²) in [4.78, 5) is 93.3. The first-order chi connectivity index (χ1) is 37.2. The van der Waals surface area contributed by atoms with E-state index in [2.05, 4.69) is 6.92 Å². The van der Waals surface area contributed by atoms with Gasteiger partial charge in [-0.15, -0.1) is 0 Å². The summed E-state index contributed by atoms with van der Waals surface area (Å²) in [6, 6.07) is 0. The van der Waals surface area contributed by atoms with Gasteiger partial charge in [-0.05, 0) is 120 Å². The van der Waals surface area contributed by atoms with Crippen molar-refractivity contribution in [1.82, 2.24) is 0 Å². The maximum absolute atomic E-state index is 12.5. The van der Waals surface area contributed by atoms with Gasteiger partial charge < -0.3 is 18.9 Å². The fourth-order valence-corrected chi connectivity index (χ4v) is 12.4. The van der Waals surface area contributed by atoms with E-state index in [1.54, 1.807) is 0 Å². The van der Waals surface area contributed by atoms with Crippen molar-refractivity contribution in [2.75, 3.05) is 6.61 Å². The number of carbonyl (C=O) groups is 8. The van der Waals surface area contributed by atoms with Crippen molar-refractivity contribution in [3.63, 3.8) is 0 Å². The molecule has 11 rings (SSSR count). The molecule has 12 nitrogen and oxygen atoms in total. The zero-order valence-electron chi connectivity index (χ0n) is 54.3. The molecule has 5 heterocycles. The number of esters is 4. The standard InChI is InChI=1S/C16H24O3.C14H22O3.C11H18O3.C10H14O2.C8H16O.4C2H6/c1-4-16(2,3)13(17)8-11-9-5-6-10-12(7-9)15(18)19-14(10)11;1-4-14(2,3)12(15)8-9-5-6-10-7-11(9)17-13(10)16;1-4-11(2,3)9(12)7-8-5-6-14-10(8)13;11-10-8-2-6-1-7(3-8)5-9(4-6)12-10;1-5-7(9)8(3,4)6-2;4*1-2/h9-12,14H,4-8H2,1-3H3;9-11H,4-8H2,1-3H3;8H,4-7H2,1-3H3;6-9H,1-5H2;5-6H2,1-4H3;4*1-2H3. The van der Waals surface area contributed by atoms with E-state index in [4.69, 9.17) is 18.9 Å². The summed E-state index contributed by atoms with van der Waals surface area (Å²) in [6.45, 7) is 42.5.